The van der Waals surface area contributed by atoms with E-state index in [4.69, 9.17) is 4.74 Å². The van der Waals surface area contributed by atoms with Crippen LogP contribution in [0, 0.1) is 0 Å². The highest BCUT2D eigenvalue weighted by Gasteiger charge is 2.48. The van der Waals surface area contributed by atoms with Gasteiger partial charge in [0, 0.05) is 38.3 Å². The molecule has 26 heavy (non-hydrogen) atoms. The molecule has 0 atom stereocenters. The Labute approximate surface area is 158 Å². The number of carbonyl (C=O) groups is 2. The molecule has 0 spiro atoms. The molecule has 144 valence electrons. The fourth-order valence-electron chi connectivity index (χ4n) is 2.72. The zero-order valence-electron chi connectivity index (χ0n) is 14.4. The van der Waals surface area contributed by atoms with Crippen molar-refractivity contribution >= 4 is 34.2 Å². The molecule has 1 heterocycles. The van der Waals surface area contributed by atoms with E-state index in [-0.39, 0.29) is 40.4 Å². The van der Waals surface area contributed by atoms with Crippen LogP contribution in [-0.4, -0.2) is 63.9 Å². The smallest absolute Gasteiger partial charge is 0.269 e. The van der Waals surface area contributed by atoms with Crippen LogP contribution in [0.3, 0.4) is 0 Å². The summed E-state index contributed by atoms with van der Waals surface area (Å²) in [5.41, 5.74) is 0.370. The quantitative estimate of drug-likeness (QED) is 0.608. The van der Waals surface area contributed by atoms with Crippen LogP contribution < -0.4 is 10.6 Å². The summed E-state index contributed by atoms with van der Waals surface area (Å²) in [6.07, 6.45) is 1.39. The van der Waals surface area contributed by atoms with Crippen molar-refractivity contribution < 1.29 is 22.7 Å². The maximum Gasteiger partial charge on any atom is 0.269 e. The minimum absolute atomic E-state index is 0. The van der Waals surface area contributed by atoms with Gasteiger partial charge in [-0.05, 0) is 31.0 Å². The molecule has 0 unspecified atom stereocenters. The number of hydrogen-bond donors (Lipinski definition) is 2. The van der Waals surface area contributed by atoms with Gasteiger partial charge in [-0.2, -0.15) is 0 Å². The van der Waals surface area contributed by atoms with Gasteiger partial charge in [0.05, 0.1) is 12.2 Å². The van der Waals surface area contributed by atoms with Crippen molar-refractivity contribution in [3.8, 4) is 0 Å². The summed E-state index contributed by atoms with van der Waals surface area (Å²) in [4.78, 5) is 24.4. The lowest BCUT2D eigenvalue weighted by atomic mass is 10.1. The summed E-state index contributed by atoms with van der Waals surface area (Å²) < 4.78 is 31.0. The van der Waals surface area contributed by atoms with E-state index in [0.29, 0.717) is 39.1 Å². The van der Waals surface area contributed by atoms with Gasteiger partial charge in [-0.25, -0.2) is 12.7 Å². The second kappa shape index (κ2) is 8.34. The molecule has 8 nitrogen and oxygen atoms in total. The molecule has 10 heteroatoms. The third kappa shape index (κ3) is 4.01. The molecule has 1 aliphatic carbocycles. The van der Waals surface area contributed by atoms with Crippen LogP contribution in [0.25, 0.3) is 0 Å². The number of rotatable bonds is 8. The predicted octanol–water partition coefficient (Wildman–Crippen LogP) is 0.381. The Morgan fingerprint density at radius 2 is 2.00 bits per heavy atom. The highest BCUT2D eigenvalue weighted by atomic mass is 35.5. The number of fused-ring (bicyclic) bond motifs is 1. The molecule has 1 aromatic carbocycles. The summed E-state index contributed by atoms with van der Waals surface area (Å²) in [7, 11) is -2.23. The van der Waals surface area contributed by atoms with Gasteiger partial charge in [0.2, 0.25) is 0 Å². The molecule has 3 rings (SSSR count). The fraction of sp³-hybridized carbons (Fsp3) is 0.500. The number of nitrogens with one attached hydrogen (secondary N) is 2. The van der Waals surface area contributed by atoms with E-state index < -0.39 is 15.9 Å². The Morgan fingerprint density at radius 3 is 2.65 bits per heavy atom. The third-order valence-corrected chi connectivity index (χ3v) is 6.04. The second-order valence-corrected chi connectivity index (χ2v) is 7.83. The summed E-state index contributed by atoms with van der Waals surface area (Å²) in [6, 6.07) is 3.96. The highest BCUT2D eigenvalue weighted by Crippen LogP contribution is 2.39. The number of methoxy groups -OCH3 is 1. The van der Waals surface area contributed by atoms with Crippen molar-refractivity contribution in [2.24, 2.45) is 0 Å². The average molecular weight is 404 g/mol. The van der Waals surface area contributed by atoms with Crippen LogP contribution in [0.1, 0.15) is 33.6 Å². The number of sulfonamides is 1. The van der Waals surface area contributed by atoms with E-state index in [9.17, 15) is 18.0 Å². The first-order chi connectivity index (χ1) is 12.0. The number of nitrogens with zero attached hydrogens (tertiary/aromatic N) is 1. The lowest BCUT2D eigenvalue weighted by Crippen LogP contribution is -2.33. The average Bonchev–Trinajstić information content (AvgIpc) is 3.38. The SMILES string of the molecule is COCCNCCNC(=O)c1ccc2c(c1)S(=O)(=O)N(C1CC1)C2=O.Cl. The summed E-state index contributed by atoms with van der Waals surface area (Å²) in [5, 5.41) is 5.81. The summed E-state index contributed by atoms with van der Waals surface area (Å²) in [6.45, 7) is 2.25. The van der Waals surface area contributed by atoms with Crippen molar-refractivity contribution in [2.45, 2.75) is 23.8 Å². The number of halogens is 1. The topological polar surface area (TPSA) is 105 Å². The van der Waals surface area contributed by atoms with Crippen LogP contribution in [-0.2, 0) is 14.8 Å². The standard InChI is InChI=1S/C16H21N3O5S.ClH/c1-24-9-8-17-6-7-18-15(20)11-2-5-13-14(10-11)25(22,23)19(16(13)21)12-3-4-12;/h2,5,10,12,17H,3-4,6-9H2,1H3,(H,18,20);1H. The molecular formula is C16H22ClN3O5S. The van der Waals surface area contributed by atoms with Gasteiger partial charge in [0.15, 0.2) is 0 Å². The Hall–Kier alpha value is -1.68. The van der Waals surface area contributed by atoms with Crippen LogP contribution in [0.5, 0.6) is 0 Å². The highest BCUT2D eigenvalue weighted by molar-refractivity contribution is 7.90. The van der Waals surface area contributed by atoms with Crippen LogP contribution in [0.2, 0.25) is 0 Å². The van der Waals surface area contributed by atoms with Gasteiger partial charge in [-0.15, -0.1) is 12.4 Å². The number of benzene rings is 1. The molecular weight excluding hydrogens is 382 g/mol. The van der Waals surface area contributed by atoms with Gasteiger partial charge in [-0.1, -0.05) is 0 Å². The fourth-order valence-corrected chi connectivity index (χ4v) is 4.57. The van der Waals surface area contributed by atoms with Crippen LogP contribution in [0.15, 0.2) is 23.1 Å². The van der Waals surface area contributed by atoms with Crippen LogP contribution >= 0.6 is 12.4 Å². The molecule has 2 N–H and O–H groups in total. The van der Waals surface area contributed by atoms with Crippen molar-refractivity contribution in [1.29, 1.82) is 0 Å². The molecule has 0 saturated heterocycles. The summed E-state index contributed by atoms with van der Waals surface area (Å²) >= 11 is 0. The Kier molecular flexibility index (Phi) is 6.62. The van der Waals surface area contributed by atoms with Gasteiger partial charge in [-0.3, -0.25) is 9.59 Å². The zero-order valence-corrected chi connectivity index (χ0v) is 16.0. The van der Waals surface area contributed by atoms with E-state index in [0.717, 1.165) is 4.31 Å². The minimum atomic E-state index is -3.85. The van der Waals surface area contributed by atoms with Gasteiger partial charge < -0.3 is 15.4 Å². The maximum atomic E-state index is 12.6. The van der Waals surface area contributed by atoms with Gasteiger partial charge in [0.1, 0.15) is 4.90 Å². The predicted molar refractivity (Wildman–Crippen MR) is 97.1 cm³/mol. The van der Waals surface area contributed by atoms with Gasteiger partial charge >= 0.3 is 0 Å². The van der Waals surface area contributed by atoms with E-state index in [2.05, 4.69) is 10.6 Å². The Bertz CT molecular complexity index is 795. The summed E-state index contributed by atoms with van der Waals surface area (Å²) in [5.74, 6) is -0.865. The van der Waals surface area contributed by atoms with Crippen molar-refractivity contribution in [1.82, 2.24) is 14.9 Å². The number of carbonyl (C=O) groups excluding carboxylic acids is 2. The van der Waals surface area contributed by atoms with Crippen molar-refractivity contribution in [2.75, 3.05) is 33.4 Å². The lowest BCUT2D eigenvalue weighted by Gasteiger charge is -2.13. The Morgan fingerprint density at radius 1 is 1.27 bits per heavy atom. The molecule has 1 saturated carbocycles. The lowest BCUT2D eigenvalue weighted by molar-refractivity contribution is 0.0863. The second-order valence-electron chi connectivity index (χ2n) is 6.05. The molecule has 1 fully saturated rings. The molecule has 0 radical (unpaired) electrons. The number of ether oxygens (including phenoxy) is 1. The molecule has 0 bridgehead atoms. The molecule has 1 aliphatic heterocycles. The first kappa shape index (κ1) is 20.6. The van der Waals surface area contributed by atoms with E-state index >= 15 is 0 Å². The minimum Gasteiger partial charge on any atom is -0.383 e. The monoisotopic (exact) mass is 403 g/mol. The molecule has 0 aromatic heterocycles. The first-order valence-corrected chi connectivity index (χ1v) is 9.61. The molecule has 1 aromatic rings. The van der Waals surface area contributed by atoms with E-state index in [1.54, 1.807) is 7.11 Å². The normalized spacial score (nSPS) is 17.6. The number of amides is 2. The van der Waals surface area contributed by atoms with Gasteiger partial charge in [0.25, 0.3) is 21.8 Å². The molecule has 2 aliphatic rings. The Balaban J connectivity index is 0.00000243. The van der Waals surface area contributed by atoms with Crippen LogP contribution in [0.4, 0.5) is 0 Å². The maximum absolute atomic E-state index is 12.6. The largest absolute Gasteiger partial charge is 0.383 e. The van der Waals surface area contributed by atoms with E-state index in [1.807, 2.05) is 0 Å². The number of hydrogen-bond acceptors (Lipinski definition) is 6. The van der Waals surface area contributed by atoms with Crippen molar-refractivity contribution in [3.05, 3.63) is 29.3 Å². The zero-order chi connectivity index (χ0) is 18.0. The van der Waals surface area contributed by atoms with Crippen molar-refractivity contribution in [3.63, 3.8) is 0 Å². The van der Waals surface area contributed by atoms with E-state index in [1.165, 1.54) is 18.2 Å². The first-order valence-electron chi connectivity index (χ1n) is 8.17. The molecule has 2 amide bonds. The third-order valence-electron chi connectivity index (χ3n) is 4.16.